The molecule has 0 aromatic rings. The Balaban J connectivity index is -0.000000112. The number of carboxylic acid groups (broad SMARTS) is 2. The molecule has 0 spiro atoms. The van der Waals surface area contributed by atoms with Crippen LogP contribution in [0.1, 0.15) is 19.8 Å². The van der Waals surface area contributed by atoms with Crippen LogP contribution in [0, 0.1) is 0 Å². The van der Waals surface area contributed by atoms with Crippen molar-refractivity contribution in [3.63, 3.8) is 0 Å². The summed E-state index contributed by atoms with van der Waals surface area (Å²) in [5.41, 5.74) is 5.00. The van der Waals surface area contributed by atoms with Crippen molar-refractivity contribution in [1.82, 2.24) is 5.32 Å². The van der Waals surface area contributed by atoms with Crippen LogP contribution in [0.4, 0.5) is 0 Å². The van der Waals surface area contributed by atoms with Gasteiger partial charge in [0.05, 0.1) is 6.61 Å². The van der Waals surface area contributed by atoms with E-state index >= 15 is 0 Å². The van der Waals surface area contributed by atoms with E-state index in [-0.39, 0.29) is 53.2 Å². The number of amides is 1. The molecule has 0 aromatic carbocycles. The molecule has 10 heteroatoms. The summed E-state index contributed by atoms with van der Waals surface area (Å²) in [6, 6.07) is -1.06. The van der Waals surface area contributed by atoms with Gasteiger partial charge in [-0.15, -0.1) is 0 Å². The Morgan fingerprint density at radius 1 is 1.26 bits per heavy atom. The predicted molar refractivity (Wildman–Crippen MR) is 60.2 cm³/mol. The number of nitrogens with two attached hydrogens (primary N) is 1. The summed E-state index contributed by atoms with van der Waals surface area (Å²) in [6.45, 7) is 1.78. The van der Waals surface area contributed by atoms with Crippen molar-refractivity contribution in [2.45, 2.75) is 25.8 Å². The van der Waals surface area contributed by atoms with E-state index in [1.165, 1.54) is 6.92 Å². The second-order valence-corrected chi connectivity index (χ2v) is 3.08. The molecule has 0 aliphatic rings. The van der Waals surface area contributed by atoms with E-state index in [1.807, 2.05) is 0 Å². The zero-order valence-electron chi connectivity index (χ0n) is 10.3. The fourth-order valence-corrected chi connectivity index (χ4v) is 0.634. The maximum atomic E-state index is 9.99. The molecule has 0 saturated carbocycles. The molecule has 0 aromatic heterocycles. The fourth-order valence-electron chi connectivity index (χ4n) is 0.634. The molecule has 0 radical (unpaired) electrons. The van der Waals surface area contributed by atoms with Crippen molar-refractivity contribution in [1.29, 1.82) is 0 Å². The molecule has 0 aliphatic heterocycles. The van der Waals surface area contributed by atoms with Gasteiger partial charge in [0.25, 0.3) is 0 Å². The molecule has 9 nitrogen and oxygen atoms in total. The average Bonchev–Trinajstić information content (AvgIpc) is 2.23. The van der Waals surface area contributed by atoms with Crippen molar-refractivity contribution >= 4 is 17.8 Å². The minimum Gasteiger partial charge on any atom is -0.870 e. The monoisotopic (exact) mass is 374 g/mol. The van der Waals surface area contributed by atoms with Gasteiger partial charge in [0.15, 0.2) is 0 Å². The first-order valence-corrected chi connectivity index (χ1v) is 4.86. The number of hydrogen-bond acceptors (Lipinski definition) is 6. The van der Waals surface area contributed by atoms with Crippen LogP contribution in [0.2, 0.25) is 0 Å². The minimum atomic E-state index is -1.17. The molecular formula is C9H19AgN2O7. The van der Waals surface area contributed by atoms with Crippen molar-refractivity contribution < 1.29 is 57.6 Å². The Bertz CT molecular complexity index is 263. The first kappa shape index (κ1) is 26.6. The number of carbonyl (C=O) groups is 3. The Kier molecular flexibility index (Phi) is 23.8. The Hall–Kier alpha value is -0.970. The van der Waals surface area contributed by atoms with E-state index in [0.29, 0.717) is 6.54 Å². The van der Waals surface area contributed by atoms with Gasteiger partial charge in [-0.1, -0.05) is 0 Å². The number of aliphatic hydroxyl groups is 1. The van der Waals surface area contributed by atoms with E-state index in [0.717, 1.165) is 0 Å². The third-order valence-corrected chi connectivity index (χ3v) is 1.47. The van der Waals surface area contributed by atoms with Crippen LogP contribution >= 0.6 is 0 Å². The molecule has 0 fully saturated rings. The standard InChI is InChI=1S/C5H9NO4.C4H9NO2.Ag.H2O/c6-3(5(9)10)1-2-4(7)8;1-4(7)5-2-3-6;;/h3H,1-2,6H2,(H,7,8)(H,9,10);6H,2-3H2,1H3,(H,5,7);;1H2/q;;+1;/p-1. The van der Waals surface area contributed by atoms with Gasteiger partial charge in [0.1, 0.15) is 6.04 Å². The van der Waals surface area contributed by atoms with E-state index < -0.39 is 18.0 Å². The molecule has 0 saturated heterocycles. The van der Waals surface area contributed by atoms with E-state index in [9.17, 15) is 14.4 Å². The molecule has 0 bridgehead atoms. The van der Waals surface area contributed by atoms with Gasteiger partial charge in [-0.3, -0.25) is 14.4 Å². The normalized spacial score (nSPS) is 9.63. The third kappa shape index (κ3) is 26.6. The zero-order chi connectivity index (χ0) is 13.8. The van der Waals surface area contributed by atoms with Gasteiger partial charge >= 0.3 is 34.3 Å². The van der Waals surface area contributed by atoms with Crippen molar-refractivity contribution in [3.8, 4) is 0 Å². The van der Waals surface area contributed by atoms with Crippen LogP contribution in [-0.4, -0.2) is 57.8 Å². The van der Waals surface area contributed by atoms with Gasteiger partial charge in [-0.2, -0.15) is 0 Å². The molecule has 118 valence electrons. The smallest absolute Gasteiger partial charge is 0.870 e. The van der Waals surface area contributed by atoms with E-state index in [2.05, 4.69) is 5.32 Å². The molecule has 7 N–H and O–H groups in total. The fraction of sp³-hybridized carbons (Fsp3) is 0.667. The summed E-state index contributed by atoms with van der Waals surface area (Å²) in [4.78, 5) is 29.9. The average molecular weight is 375 g/mol. The number of carboxylic acids is 2. The molecule has 1 unspecified atom stereocenters. The van der Waals surface area contributed by atoms with Crippen molar-refractivity contribution in [3.05, 3.63) is 0 Å². The van der Waals surface area contributed by atoms with Crippen molar-refractivity contribution in [2.75, 3.05) is 13.2 Å². The van der Waals surface area contributed by atoms with Crippen LogP contribution in [0.3, 0.4) is 0 Å². The quantitative estimate of drug-likeness (QED) is 0.337. The maximum Gasteiger partial charge on any atom is 1.00 e. The van der Waals surface area contributed by atoms with Gasteiger partial charge in [0.2, 0.25) is 5.91 Å². The molecule has 1 amide bonds. The number of rotatable bonds is 6. The van der Waals surface area contributed by atoms with E-state index in [4.69, 9.17) is 21.1 Å². The third-order valence-electron chi connectivity index (χ3n) is 1.47. The molecular weight excluding hydrogens is 356 g/mol. The van der Waals surface area contributed by atoms with Crippen LogP contribution in [0.25, 0.3) is 0 Å². The maximum absolute atomic E-state index is 9.99. The summed E-state index contributed by atoms with van der Waals surface area (Å²) < 4.78 is 0. The topological polar surface area (TPSA) is 180 Å². The van der Waals surface area contributed by atoms with Gasteiger partial charge in [-0.25, -0.2) is 0 Å². The number of hydrogen-bond donors (Lipinski definition) is 5. The first-order chi connectivity index (χ1) is 7.81. The molecule has 0 rings (SSSR count). The largest absolute Gasteiger partial charge is 1.00 e. The van der Waals surface area contributed by atoms with Crippen LogP contribution in [0.5, 0.6) is 0 Å². The summed E-state index contributed by atoms with van der Waals surface area (Å²) in [7, 11) is 0. The Labute approximate surface area is 126 Å². The molecule has 0 heterocycles. The van der Waals surface area contributed by atoms with Gasteiger partial charge < -0.3 is 31.8 Å². The molecule has 19 heavy (non-hydrogen) atoms. The second kappa shape index (κ2) is 17.0. The van der Waals surface area contributed by atoms with Crippen LogP contribution in [-0.2, 0) is 36.8 Å². The Morgan fingerprint density at radius 3 is 1.95 bits per heavy atom. The number of nitrogens with one attached hydrogen (secondary N) is 1. The van der Waals surface area contributed by atoms with Gasteiger partial charge in [0, 0.05) is 19.9 Å². The zero-order valence-corrected chi connectivity index (χ0v) is 11.8. The number of carbonyl (C=O) groups excluding carboxylic acids is 1. The Morgan fingerprint density at radius 2 is 1.74 bits per heavy atom. The van der Waals surface area contributed by atoms with Gasteiger partial charge in [-0.05, 0) is 6.42 Å². The SMILES string of the molecule is CC(=O)NCCO.NC(CCC(=O)O)C(=O)O.[Ag+].[OH-]. The number of aliphatic hydroxyl groups excluding tert-OH is 1. The molecule has 0 aliphatic carbocycles. The summed E-state index contributed by atoms with van der Waals surface area (Å²) in [5.74, 6) is -2.30. The minimum absolute atomic E-state index is 0. The first-order valence-electron chi connectivity index (χ1n) is 4.86. The van der Waals surface area contributed by atoms with Crippen LogP contribution in [0.15, 0.2) is 0 Å². The van der Waals surface area contributed by atoms with Crippen molar-refractivity contribution in [2.24, 2.45) is 5.73 Å². The van der Waals surface area contributed by atoms with E-state index in [1.54, 1.807) is 0 Å². The number of aliphatic carboxylic acids is 2. The molecule has 1 atom stereocenters. The van der Waals surface area contributed by atoms with Crippen LogP contribution < -0.4 is 11.1 Å². The predicted octanol–water partition coefficient (Wildman–Crippen LogP) is -1.80. The second-order valence-electron chi connectivity index (χ2n) is 3.08. The summed E-state index contributed by atoms with van der Waals surface area (Å²) in [5, 5.41) is 26.8. The summed E-state index contributed by atoms with van der Waals surface area (Å²) in [6.07, 6.45) is -0.224. The summed E-state index contributed by atoms with van der Waals surface area (Å²) >= 11 is 0.